The molecule has 9 nitrogen and oxygen atoms in total. The standard InChI is InChI=1S/C23H24BrClIN7O2/c1-13-8-17(24)19(10-18(13)25)28-22-29-20(12-33-3-5-35-6-4-33)30-23(31-22)32-27-11-15-9-16(26)7-14(2)21(15)34/h7-10,34H,3-6,11-12H2,1-2H3,(H,28,29,30,31). The lowest BCUT2D eigenvalue weighted by Crippen LogP contribution is -2.36. The lowest BCUT2D eigenvalue weighted by molar-refractivity contribution is 0.0330. The van der Waals surface area contributed by atoms with E-state index in [1.807, 2.05) is 38.1 Å². The Bertz CT molecular complexity index is 1260. The number of benzene rings is 2. The molecule has 0 aliphatic carbocycles. The highest BCUT2D eigenvalue weighted by atomic mass is 127. The lowest BCUT2D eigenvalue weighted by atomic mass is 10.1. The number of aryl methyl sites for hydroxylation is 2. The van der Waals surface area contributed by atoms with Crippen LogP contribution in [0.5, 0.6) is 5.75 Å². The van der Waals surface area contributed by atoms with Gasteiger partial charge in [0.2, 0.25) is 5.95 Å². The Labute approximate surface area is 230 Å². The highest BCUT2D eigenvalue weighted by Gasteiger charge is 2.15. The minimum atomic E-state index is 0.182. The van der Waals surface area contributed by atoms with Crippen LogP contribution in [0.25, 0.3) is 0 Å². The second-order valence-corrected chi connectivity index (χ2v) is 10.6. The third-order valence-electron chi connectivity index (χ3n) is 5.38. The number of aromatic hydroxyl groups is 1. The van der Waals surface area contributed by atoms with Crippen LogP contribution in [0.15, 0.2) is 39.0 Å². The average Bonchev–Trinajstić information content (AvgIpc) is 2.81. The third-order valence-corrected chi connectivity index (χ3v) is 7.06. The molecule has 1 aliphatic heterocycles. The largest absolute Gasteiger partial charge is 0.507 e. The zero-order chi connectivity index (χ0) is 24.9. The fourth-order valence-electron chi connectivity index (χ4n) is 3.50. The van der Waals surface area contributed by atoms with Crippen LogP contribution in [0.3, 0.4) is 0 Å². The van der Waals surface area contributed by atoms with Gasteiger partial charge in [0.1, 0.15) is 5.75 Å². The highest BCUT2D eigenvalue weighted by Crippen LogP contribution is 2.31. The molecule has 0 spiro atoms. The molecule has 1 saturated heterocycles. The van der Waals surface area contributed by atoms with Crippen molar-refractivity contribution in [3.05, 3.63) is 59.8 Å². The quantitative estimate of drug-likeness (QED) is 0.232. The predicted octanol–water partition coefficient (Wildman–Crippen LogP) is 6.07. The molecule has 4 rings (SSSR count). The Morgan fingerprint density at radius 3 is 2.69 bits per heavy atom. The molecule has 0 unspecified atom stereocenters. The molecule has 1 aromatic heterocycles. The molecule has 0 amide bonds. The van der Waals surface area contributed by atoms with Crippen LogP contribution >= 0.6 is 50.1 Å². The number of hydrogen-bond donors (Lipinski definition) is 2. The van der Waals surface area contributed by atoms with Crippen molar-refractivity contribution < 1.29 is 9.84 Å². The summed E-state index contributed by atoms with van der Waals surface area (Å²) in [6.45, 7) is 7.49. The van der Waals surface area contributed by atoms with E-state index in [0.717, 1.165) is 37.9 Å². The van der Waals surface area contributed by atoms with E-state index in [2.05, 4.69) is 73.9 Å². The molecule has 35 heavy (non-hydrogen) atoms. The third kappa shape index (κ3) is 7.06. The number of rotatable bonds is 7. The van der Waals surface area contributed by atoms with Crippen LogP contribution in [0.4, 0.5) is 17.6 Å². The van der Waals surface area contributed by atoms with Crippen molar-refractivity contribution in [3.8, 4) is 5.75 Å². The summed E-state index contributed by atoms with van der Waals surface area (Å²) in [5.74, 6) is 1.31. The maximum atomic E-state index is 10.3. The summed E-state index contributed by atoms with van der Waals surface area (Å²) < 4.78 is 7.29. The van der Waals surface area contributed by atoms with Gasteiger partial charge in [0, 0.05) is 31.7 Å². The summed E-state index contributed by atoms with van der Waals surface area (Å²) in [5.41, 5.74) is 3.17. The minimum Gasteiger partial charge on any atom is -0.507 e. The summed E-state index contributed by atoms with van der Waals surface area (Å²) in [7, 11) is 0. The van der Waals surface area contributed by atoms with Gasteiger partial charge in [-0.3, -0.25) is 4.90 Å². The Morgan fingerprint density at radius 2 is 1.91 bits per heavy atom. The number of hydrogen-bond acceptors (Lipinski definition) is 9. The number of ether oxygens (including phenoxy) is 1. The summed E-state index contributed by atoms with van der Waals surface area (Å²) in [6, 6.07) is 7.53. The van der Waals surface area contributed by atoms with Crippen LogP contribution < -0.4 is 5.32 Å². The zero-order valence-electron chi connectivity index (χ0n) is 19.2. The lowest BCUT2D eigenvalue weighted by Gasteiger charge is -2.25. The predicted molar refractivity (Wildman–Crippen MR) is 147 cm³/mol. The molecule has 0 bridgehead atoms. The maximum absolute atomic E-state index is 10.3. The smallest absolute Gasteiger partial charge is 0.273 e. The van der Waals surface area contributed by atoms with Crippen molar-refractivity contribution in [1.82, 2.24) is 19.9 Å². The molecule has 2 N–H and O–H groups in total. The molecule has 2 aromatic carbocycles. The van der Waals surface area contributed by atoms with E-state index in [1.54, 1.807) is 0 Å². The van der Waals surface area contributed by atoms with E-state index < -0.39 is 0 Å². The molecular formula is C23H24BrClIN7O2. The molecular weight excluding hydrogens is 649 g/mol. The van der Waals surface area contributed by atoms with E-state index in [0.29, 0.717) is 42.1 Å². The zero-order valence-corrected chi connectivity index (χ0v) is 23.7. The molecule has 1 fully saturated rings. The molecule has 2 heterocycles. The van der Waals surface area contributed by atoms with Gasteiger partial charge in [-0.25, -0.2) is 0 Å². The Hall–Kier alpha value is -1.93. The summed E-state index contributed by atoms with van der Waals surface area (Å²) in [6.07, 6.45) is 0. The summed E-state index contributed by atoms with van der Waals surface area (Å²) >= 11 is 12.1. The van der Waals surface area contributed by atoms with Gasteiger partial charge in [0.15, 0.2) is 5.82 Å². The Morgan fingerprint density at radius 1 is 1.14 bits per heavy atom. The molecule has 3 aromatic rings. The second kappa shape index (κ2) is 11.9. The van der Waals surface area contributed by atoms with Gasteiger partial charge in [-0.2, -0.15) is 20.1 Å². The summed E-state index contributed by atoms with van der Waals surface area (Å²) in [5, 5.41) is 22.7. The number of azo groups is 1. The van der Waals surface area contributed by atoms with Gasteiger partial charge in [-0.15, -0.1) is 5.11 Å². The van der Waals surface area contributed by atoms with Gasteiger partial charge in [0.05, 0.1) is 32.0 Å². The van der Waals surface area contributed by atoms with Crippen LogP contribution in [-0.2, 0) is 17.8 Å². The van der Waals surface area contributed by atoms with Crippen molar-refractivity contribution in [3.63, 3.8) is 0 Å². The van der Waals surface area contributed by atoms with E-state index >= 15 is 0 Å². The van der Waals surface area contributed by atoms with E-state index in [1.165, 1.54) is 0 Å². The Balaban J connectivity index is 1.60. The van der Waals surface area contributed by atoms with Crippen LogP contribution in [0, 0.1) is 17.4 Å². The summed E-state index contributed by atoms with van der Waals surface area (Å²) in [4.78, 5) is 15.8. The molecule has 1 aliphatic rings. The van der Waals surface area contributed by atoms with Crippen molar-refractivity contribution in [1.29, 1.82) is 0 Å². The fourth-order valence-corrected chi connectivity index (χ4v) is 5.06. The first-order valence-corrected chi connectivity index (χ1v) is 13.2. The van der Waals surface area contributed by atoms with Crippen molar-refractivity contribution in [2.45, 2.75) is 26.9 Å². The monoisotopic (exact) mass is 671 g/mol. The number of nitrogens with zero attached hydrogens (tertiary/aromatic N) is 6. The maximum Gasteiger partial charge on any atom is 0.273 e. The average molecular weight is 673 g/mol. The van der Waals surface area contributed by atoms with Gasteiger partial charge < -0.3 is 15.2 Å². The number of anilines is 2. The van der Waals surface area contributed by atoms with Gasteiger partial charge >= 0.3 is 0 Å². The molecule has 12 heteroatoms. The van der Waals surface area contributed by atoms with Gasteiger partial charge in [-0.1, -0.05) is 11.6 Å². The van der Waals surface area contributed by atoms with Crippen LogP contribution in [0.1, 0.15) is 22.5 Å². The second-order valence-electron chi connectivity index (χ2n) is 8.10. The molecule has 0 radical (unpaired) electrons. The number of nitrogens with one attached hydrogen (secondary N) is 1. The van der Waals surface area contributed by atoms with Crippen molar-refractivity contribution in [2.75, 3.05) is 31.6 Å². The Kier molecular flexibility index (Phi) is 8.87. The molecule has 0 saturated carbocycles. The molecule has 0 atom stereocenters. The number of aromatic nitrogens is 3. The SMILES string of the molecule is Cc1cc(Br)c(Nc2nc(CN3CCOCC3)nc(N=NCc3cc(I)cc(C)c3O)n2)cc1Cl. The first-order chi connectivity index (χ1) is 16.8. The number of phenolic OH excluding ortho intramolecular Hbond substituents is 1. The minimum absolute atomic E-state index is 0.182. The highest BCUT2D eigenvalue weighted by molar-refractivity contribution is 14.1. The number of phenols is 1. The van der Waals surface area contributed by atoms with Crippen molar-refractivity contribution in [2.24, 2.45) is 10.2 Å². The molecule has 184 valence electrons. The number of morpholine rings is 1. The number of halogens is 3. The van der Waals surface area contributed by atoms with Gasteiger partial charge in [-0.05, 0) is 87.8 Å². The van der Waals surface area contributed by atoms with E-state index in [-0.39, 0.29) is 18.2 Å². The van der Waals surface area contributed by atoms with E-state index in [4.69, 9.17) is 16.3 Å². The normalized spacial score (nSPS) is 14.5. The topological polar surface area (TPSA) is 108 Å². The first-order valence-electron chi connectivity index (χ1n) is 10.9. The van der Waals surface area contributed by atoms with Crippen molar-refractivity contribution >= 4 is 67.7 Å². The first kappa shape index (κ1) is 26.1. The fraction of sp³-hybridized carbons (Fsp3) is 0.348. The van der Waals surface area contributed by atoms with Crippen LogP contribution in [0.2, 0.25) is 5.02 Å². The van der Waals surface area contributed by atoms with Gasteiger partial charge in [0.25, 0.3) is 5.95 Å². The van der Waals surface area contributed by atoms with Crippen LogP contribution in [-0.4, -0.2) is 51.3 Å². The van der Waals surface area contributed by atoms with E-state index in [9.17, 15) is 5.11 Å².